The molecule has 1 heterocycles. The van der Waals surface area contributed by atoms with E-state index in [1.54, 1.807) is 14.2 Å². The monoisotopic (exact) mass is 454 g/mol. The number of nitrogens with zero attached hydrogens (tertiary/aromatic N) is 1. The molecule has 0 amide bonds. The van der Waals surface area contributed by atoms with Crippen LogP contribution in [0.1, 0.15) is 43.2 Å². The zero-order valence-electron chi connectivity index (χ0n) is 18.8. The Morgan fingerprint density at radius 2 is 1.66 bits per heavy atom. The average molecular weight is 455 g/mol. The maximum Gasteiger partial charge on any atom is 0.255 e. The lowest BCUT2D eigenvalue weighted by Gasteiger charge is -2.24. The predicted molar refractivity (Wildman–Crippen MR) is 130 cm³/mol. The summed E-state index contributed by atoms with van der Waals surface area (Å²) in [5, 5.41) is 5.10. The second kappa shape index (κ2) is 10.4. The minimum atomic E-state index is 0.0574. The lowest BCUT2D eigenvalue weighted by atomic mass is 9.89. The maximum atomic E-state index is 13.5. The molecule has 1 aliphatic carbocycles. The maximum absolute atomic E-state index is 13.5. The average Bonchev–Trinajstić information content (AvgIpc) is 2.82. The summed E-state index contributed by atoms with van der Waals surface area (Å²) in [6, 6.07) is 13.6. The van der Waals surface area contributed by atoms with Gasteiger partial charge >= 0.3 is 0 Å². The van der Waals surface area contributed by atoms with Crippen LogP contribution >= 0.6 is 11.6 Å². The molecule has 1 N–H and O–H groups in total. The summed E-state index contributed by atoms with van der Waals surface area (Å²) in [6.45, 7) is 1.81. The third-order valence-electron chi connectivity index (χ3n) is 6.43. The highest BCUT2D eigenvalue weighted by atomic mass is 35.5. The lowest BCUT2D eigenvalue weighted by Crippen LogP contribution is -2.30. The number of nitrogens with one attached hydrogen (secondary N) is 1. The van der Waals surface area contributed by atoms with Crippen LogP contribution in [0.25, 0.3) is 10.9 Å². The molecule has 5 nitrogen and oxygen atoms in total. The van der Waals surface area contributed by atoms with E-state index in [4.69, 9.17) is 21.1 Å². The highest BCUT2D eigenvalue weighted by molar-refractivity contribution is 6.31. The van der Waals surface area contributed by atoms with E-state index in [0.29, 0.717) is 30.5 Å². The van der Waals surface area contributed by atoms with Crippen LogP contribution in [-0.2, 0) is 19.6 Å². The van der Waals surface area contributed by atoms with Crippen molar-refractivity contribution >= 4 is 22.5 Å². The molecule has 0 unspecified atom stereocenters. The highest BCUT2D eigenvalue weighted by Crippen LogP contribution is 2.33. The summed E-state index contributed by atoms with van der Waals surface area (Å²) in [5.74, 6) is 1.84. The Balaban J connectivity index is 1.69. The minimum Gasteiger partial charge on any atom is -0.493 e. The quantitative estimate of drug-likeness (QED) is 0.485. The molecule has 1 aromatic heterocycles. The molecule has 0 atom stereocenters. The standard InChI is InChI=1S/C26H31ClN2O3/c1-31-24-13-20-12-21(16-28-15-19-10-6-7-11-22(19)27)26(30)29(23(20)14-25(24)32-2)17-18-8-4-3-5-9-18/h6-7,10-14,18,28H,3-5,8-9,15-17H2,1-2H3. The van der Waals surface area contributed by atoms with Gasteiger partial charge in [-0.25, -0.2) is 0 Å². The topological polar surface area (TPSA) is 52.5 Å². The molecule has 6 heteroatoms. The molecule has 1 saturated carbocycles. The number of hydrogen-bond donors (Lipinski definition) is 1. The van der Waals surface area contributed by atoms with E-state index in [-0.39, 0.29) is 5.56 Å². The molecule has 4 rings (SSSR count). The zero-order chi connectivity index (χ0) is 22.5. The predicted octanol–water partition coefficient (Wildman–Crippen LogP) is 5.54. The van der Waals surface area contributed by atoms with Gasteiger partial charge in [0.05, 0.1) is 19.7 Å². The van der Waals surface area contributed by atoms with E-state index >= 15 is 0 Å². The van der Waals surface area contributed by atoms with Gasteiger partial charge in [-0.05, 0) is 42.5 Å². The van der Waals surface area contributed by atoms with Crippen molar-refractivity contribution in [1.82, 2.24) is 9.88 Å². The van der Waals surface area contributed by atoms with Crippen molar-refractivity contribution in [2.24, 2.45) is 5.92 Å². The normalized spacial score (nSPS) is 14.6. The van der Waals surface area contributed by atoms with Crippen LogP contribution in [0, 0.1) is 5.92 Å². The highest BCUT2D eigenvalue weighted by Gasteiger charge is 2.19. The third kappa shape index (κ3) is 4.94. The molecule has 0 bridgehead atoms. The number of ether oxygens (including phenoxy) is 2. The van der Waals surface area contributed by atoms with Crippen LogP contribution < -0.4 is 20.3 Å². The van der Waals surface area contributed by atoms with Crippen molar-refractivity contribution in [3.05, 3.63) is 69.0 Å². The fourth-order valence-electron chi connectivity index (χ4n) is 4.67. The lowest BCUT2D eigenvalue weighted by molar-refractivity contribution is 0.319. The molecule has 32 heavy (non-hydrogen) atoms. The van der Waals surface area contributed by atoms with Gasteiger partial charge in [-0.1, -0.05) is 49.1 Å². The second-order valence-corrected chi connectivity index (χ2v) is 8.96. The fourth-order valence-corrected chi connectivity index (χ4v) is 4.88. The van der Waals surface area contributed by atoms with Crippen LogP contribution in [0.2, 0.25) is 5.02 Å². The summed E-state index contributed by atoms with van der Waals surface area (Å²) in [4.78, 5) is 13.5. The Labute approximate surface area is 194 Å². The van der Waals surface area contributed by atoms with Gasteiger partial charge in [-0.15, -0.1) is 0 Å². The van der Waals surface area contributed by atoms with Crippen molar-refractivity contribution < 1.29 is 9.47 Å². The van der Waals surface area contributed by atoms with Gasteiger partial charge in [0, 0.05) is 41.7 Å². The van der Waals surface area contributed by atoms with Crippen molar-refractivity contribution in [3.8, 4) is 11.5 Å². The van der Waals surface area contributed by atoms with Crippen LogP contribution in [0.15, 0.2) is 47.3 Å². The Bertz CT molecular complexity index is 1140. The Morgan fingerprint density at radius 1 is 0.969 bits per heavy atom. The Morgan fingerprint density at radius 3 is 2.38 bits per heavy atom. The molecule has 2 aromatic carbocycles. The summed E-state index contributed by atoms with van der Waals surface area (Å²) in [5.41, 5.74) is 2.71. The van der Waals surface area contributed by atoms with E-state index in [1.165, 1.54) is 32.1 Å². The molecule has 0 radical (unpaired) electrons. The molecular formula is C26H31ClN2O3. The molecular weight excluding hydrogens is 424 g/mol. The Kier molecular flexibility index (Phi) is 7.38. The van der Waals surface area contributed by atoms with E-state index < -0.39 is 0 Å². The minimum absolute atomic E-state index is 0.0574. The van der Waals surface area contributed by atoms with Crippen molar-refractivity contribution in [2.75, 3.05) is 14.2 Å². The number of halogens is 1. The molecule has 170 valence electrons. The molecule has 0 aliphatic heterocycles. The van der Waals surface area contributed by atoms with Crippen LogP contribution in [-0.4, -0.2) is 18.8 Å². The van der Waals surface area contributed by atoms with Crippen LogP contribution in [0.4, 0.5) is 0 Å². The number of pyridine rings is 1. The van der Waals surface area contributed by atoms with Crippen molar-refractivity contribution in [3.63, 3.8) is 0 Å². The molecule has 0 spiro atoms. The zero-order valence-corrected chi connectivity index (χ0v) is 19.6. The third-order valence-corrected chi connectivity index (χ3v) is 6.80. The second-order valence-electron chi connectivity index (χ2n) is 8.55. The van der Waals surface area contributed by atoms with E-state index in [1.807, 2.05) is 47.0 Å². The van der Waals surface area contributed by atoms with E-state index in [0.717, 1.165) is 33.6 Å². The first-order valence-electron chi connectivity index (χ1n) is 11.3. The molecule has 1 aliphatic rings. The number of methoxy groups -OCH3 is 2. The Hall–Kier alpha value is -2.50. The van der Waals surface area contributed by atoms with E-state index in [9.17, 15) is 4.79 Å². The van der Waals surface area contributed by atoms with Gasteiger partial charge in [0.25, 0.3) is 5.56 Å². The van der Waals surface area contributed by atoms with E-state index in [2.05, 4.69) is 5.32 Å². The van der Waals surface area contributed by atoms with Gasteiger partial charge < -0.3 is 19.4 Å². The number of rotatable bonds is 8. The van der Waals surface area contributed by atoms with Gasteiger partial charge in [-0.2, -0.15) is 0 Å². The van der Waals surface area contributed by atoms with Crippen molar-refractivity contribution in [1.29, 1.82) is 0 Å². The molecule has 0 saturated heterocycles. The first kappa shape index (κ1) is 22.7. The van der Waals surface area contributed by atoms with Crippen LogP contribution in [0.3, 0.4) is 0 Å². The summed E-state index contributed by atoms with van der Waals surface area (Å²) in [6.07, 6.45) is 6.14. The fraction of sp³-hybridized carbons (Fsp3) is 0.423. The first-order chi connectivity index (χ1) is 15.6. The summed E-state index contributed by atoms with van der Waals surface area (Å²) >= 11 is 6.28. The smallest absolute Gasteiger partial charge is 0.255 e. The van der Waals surface area contributed by atoms with Gasteiger partial charge in [0.1, 0.15) is 0 Å². The first-order valence-corrected chi connectivity index (χ1v) is 11.7. The largest absolute Gasteiger partial charge is 0.493 e. The molecule has 3 aromatic rings. The summed E-state index contributed by atoms with van der Waals surface area (Å²) < 4.78 is 13.0. The van der Waals surface area contributed by atoms with Crippen molar-refractivity contribution in [2.45, 2.75) is 51.7 Å². The van der Waals surface area contributed by atoms with Gasteiger partial charge in [-0.3, -0.25) is 4.79 Å². The number of fused-ring (bicyclic) bond motifs is 1. The molecule has 1 fully saturated rings. The number of aromatic nitrogens is 1. The SMILES string of the molecule is COc1cc2cc(CNCc3ccccc3Cl)c(=O)n(CC3CCCCC3)c2cc1OC. The van der Waals surface area contributed by atoms with Gasteiger partial charge in [0.2, 0.25) is 0 Å². The van der Waals surface area contributed by atoms with Gasteiger partial charge in [0.15, 0.2) is 11.5 Å². The summed E-state index contributed by atoms with van der Waals surface area (Å²) in [7, 11) is 3.26. The number of benzene rings is 2. The van der Waals surface area contributed by atoms with Crippen LogP contribution in [0.5, 0.6) is 11.5 Å². The number of hydrogen-bond acceptors (Lipinski definition) is 4.